The first kappa shape index (κ1) is 25.2. The van der Waals surface area contributed by atoms with Gasteiger partial charge in [-0.25, -0.2) is 9.97 Å². The summed E-state index contributed by atoms with van der Waals surface area (Å²) < 4.78 is 6.89. The molecule has 0 aliphatic heterocycles. The predicted octanol–water partition coefficient (Wildman–Crippen LogP) is 9.98. The molecule has 5 heteroatoms. The van der Waals surface area contributed by atoms with E-state index in [1.807, 2.05) is 18.3 Å². The van der Waals surface area contributed by atoms with E-state index in [1.165, 1.54) is 37.8 Å². The summed E-state index contributed by atoms with van der Waals surface area (Å²) in [6.07, 6.45) is 1.87. The van der Waals surface area contributed by atoms with Crippen LogP contribution in [0.15, 0.2) is 146 Å². The quantitative estimate of drug-likeness (QED) is 0.206. The molecule has 0 bridgehead atoms. The highest BCUT2D eigenvalue weighted by atomic mass is 15.1. The Morgan fingerprint density at radius 1 is 0.500 bits per heavy atom. The fourth-order valence-corrected chi connectivity index (χ4v) is 7.44. The first-order valence-electron chi connectivity index (χ1n) is 15.6. The number of pyridine rings is 1. The summed E-state index contributed by atoms with van der Waals surface area (Å²) in [4.78, 5) is 9.84. The van der Waals surface area contributed by atoms with E-state index in [0.29, 0.717) is 0 Å². The van der Waals surface area contributed by atoms with E-state index in [1.54, 1.807) is 0 Å². The molecule has 0 aliphatic carbocycles. The Labute approximate surface area is 264 Å². The van der Waals surface area contributed by atoms with Gasteiger partial charge in [0.05, 0.1) is 33.1 Å². The lowest BCUT2D eigenvalue weighted by Gasteiger charge is -2.11. The molecule has 0 saturated carbocycles. The Bertz CT molecular complexity index is 2820. The van der Waals surface area contributed by atoms with Crippen LogP contribution in [0.1, 0.15) is 0 Å². The number of fused-ring (bicyclic) bond motifs is 9. The first-order valence-corrected chi connectivity index (χ1v) is 15.6. The van der Waals surface area contributed by atoms with Crippen molar-refractivity contribution in [3.63, 3.8) is 0 Å². The largest absolute Gasteiger partial charge is 0.327 e. The number of hydrogen-bond acceptors (Lipinski definition) is 2. The molecule has 10 aromatic rings. The van der Waals surface area contributed by atoms with Crippen LogP contribution in [0.2, 0.25) is 0 Å². The molecule has 10 rings (SSSR count). The zero-order valence-corrected chi connectivity index (χ0v) is 25.1. The number of benzene rings is 6. The summed E-state index contributed by atoms with van der Waals surface area (Å²) in [5, 5.41) is 7.38. The number of hydrogen-bond donors (Lipinski definition) is 0. The third kappa shape index (κ3) is 3.45. The zero-order valence-electron chi connectivity index (χ0n) is 25.1. The van der Waals surface area contributed by atoms with Crippen LogP contribution in [0.25, 0.3) is 88.3 Å². The Kier molecular flexibility index (Phi) is 5.14. The third-order valence-electron chi connectivity index (χ3n) is 9.50. The lowest BCUT2D eigenvalue weighted by molar-refractivity contribution is 0.959. The normalized spacial score (nSPS) is 12.0. The van der Waals surface area contributed by atoms with Crippen LogP contribution in [-0.4, -0.2) is 23.7 Å². The fourth-order valence-electron chi connectivity index (χ4n) is 7.44. The summed E-state index contributed by atoms with van der Waals surface area (Å²) in [6, 6.07) is 49.8. The Hall–Kier alpha value is -6.20. The fraction of sp³-hybridized carbons (Fsp3) is 0.0244. The number of para-hydroxylation sites is 3. The second kappa shape index (κ2) is 9.40. The zero-order chi connectivity index (χ0) is 30.4. The molecule has 0 spiro atoms. The minimum absolute atomic E-state index is 0.904. The van der Waals surface area contributed by atoms with Crippen molar-refractivity contribution in [2.75, 3.05) is 0 Å². The van der Waals surface area contributed by atoms with E-state index in [9.17, 15) is 0 Å². The summed E-state index contributed by atoms with van der Waals surface area (Å²) in [5.41, 5.74) is 8.91. The van der Waals surface area contributed by atoms with Gasteiger partial charge in [0.2, 0.25) is 0 Å². The van der Waals surface area contributed by atoms with Crippen molar-refractivity contribution in [1.82, 2.24) is 23.7 Å². The molecule has 0 amide bonds. The average molecular weight is 590 g/mol. The van der Waals surface area contributed by atoms with E-state index in [0.717, 1.165) is 50.5 Å². The minimum Gasteiger partial charge on any atom is -0.327 e. The van der Waals surface area contributed by atoms with Gasteiger partial charge >= 0.3 is 0 Å². The molecular weight excluding hydrogens is 562 g/mol. The second-order valence-corrected chi connectivity index (χ2v) is 12.0. The predicted molar refractivity (Wildman–Crippen MR) is 190 cm³/mol. The molecule has 4 aromatic heterocycles. The molecule has 4 heterocycles. The van der Waals surface area contributed by atoms with Gasteiger partial charge in [-0.15, -0.1) is 0 Å². The van der Waals surface area contributed by atoms with Gasteiger partial charge in [0, 0.05) is 46.0 Å². The van der Waals surface area contributed by atoms with Crippen molar-refractivity contribution in [1.29, 1.82) is 0 Å². The molecule has 0 aliphatic rings. The van der Waals surface area contributed by atoms with Gasteiger partial charge < -0.3 is 9.13 Å². The van der Waals surface area contributed by atoms with E-state index in [-0.39, 0.29) is 0 Å². The van der Waals surface area contributed by atoms with Gasteiger partial charge in [-0.05, 0) is 65.4 Å². The first-order chi connectivity index (χ1) is 22.7. The van der Waals surface area contributed by atoms with Crippen molar-refractivity contribution >= 4 is 65.4 Å². The maximum Gasteiger partial charge on any atom is 0.140 e. The van der Waals surface area contributed by atoms with Crippen molar-refractivity contribution < 1.29 is 0 Å². The number of aromatic nitrogens is 5. The maximum atomic E-state index is 5.02. The van der Waals surface area contributed by atoms with Gasteiger partial charge in [0.25, 0.3) is 0 Å². The van der Waals surface area contributed by atoms with Crippen molar-refractivity contribution in [3.05, 3.63) is 146 Å². The minimum atomic E-state index is 0.904. The molecule has 5 nitrogen and oxygen atoms in total. The molecule has 0 atom stereocenters. The summed E-state index contributed by atoms with van der Waals surface area (Å²) >= 11 is 0. The van der Waals surface area contributed by atoms with Crippen LogP contribution in [0.4, 0.5) is 0 Å². The van der Waals surface area contributed by atoms with Gasteiger partial charge in [-0.3, -0.25) is 4.57 Å². The van der Waals surface area contributed by atoms with E-state index in [4.69, 9.17) is 9.97 Å². The van der Waals surface area contributed by atoms with Crippen LogP contribution in [0.3, 0.4) is 0 Å². The molecular formula is C41H27N5. The van der Waals surface area contributed by atoms with Crippen LogP contribution in [0.5, 0.6) is 0 Å². The number of imidazole rings is 1. The molecule has 216 valence electrons. The maximum absolute atomic E-state index is 5.02. The summed E-state index contributed by atoms with van der Waals surface area (Å²) in [6.45, 7) is 0. The Balaban J connectivity index is 1.29. The van der Waals surface area contributed by atoms with Crippen LogP contribution < -0.4 is 0 Å². The summed E-state index contributed by atoms with van der Waals surface area (Å²) in [7, 11) is 2.10. The lowest BCUT2D eigenvalue weighted by Crippen LogP contribution is -1.98. The van der Waals surface area contributed by atoms with E-state index in [2.05, 4.69) is 148 Å². The molecule has 6 aromatic carbocycles. The molecule has 0 N–H and O–H groups in total. The van der Waals surface area contributed by atoms with Crippen LogP contribution in [0, 0.1) is 0 Å². The Morgan fingerprint density at radius 2 is 1.24 bits per heavy atom. The van der Waals surface area contributed by atoms with Gasteiger partial charge in [-0.1, -0.05) is 84.9 Å². The standard InChI is InChI=1S/C41H27N5/c1-44-35-15-7-5-13-33(35)43-41(44)27-17-20-31-30-12-4-6-14-34(30)45(37(31)24-27)28-19-21-32-38(25-28)46(39-16-8-9-23-42-39)36-22-18-26-10-2-3-11-29(26)40(32)36/h2-25H,1H3. The molecule has 0 fully saturated rings. The van der Waals surface area contributed by atoms with E-state index >= 15 is 0 Å². The molecule has 0 saturated heterocycles. The van der Waals surface area contributed by atoms with E-state index < -0.39 is 0 Å². The van der Waals surface area contributed by atoms with Crippen molar-refractivity contribution in [2.45, 2.75) is 0 Å². The number of rotatable bonds is 3. The van der Waals surface area contributed by atoms with Gasteiger partial charge in [-0.2, -0.15) is 0 Å². The highest BCUT2D eigenvalue weighted by Gasteiger charge is 2.19. The smallest absolute Gasteiger partial charge is 0.140 e. The van der Waals surface area contributed by atoms with Crippen LogP contribution >= 0.6 is 0 Å². The Morgan fingerprint density at radius 3 is 2.11 bits per heavy atom. The topological polar surface area (TPSA) is 40.6 Å². The highest BCUT2D eigenvalue weighted by molar-refractivity contribution is 6.21. The van der Waals surface area contributed by atoms with Gasteiger partial charge in [0.1, 0.15) is 11.6 Å². The number of nitrogens with zero attached hydrogens (tertiary/aromatic N) is 5. The highest BCUT2D eigenvalue weighted by Crippen LogP contribution is 2.40. The molecule has 0 radical (unpaired) electrons. The third-order valence-corrected chi connectivity index (χ3v) is 9.50. The molecule has 46 heavy (non-hydrogen) atoms. The summed E-state index contributed by atoms with van der Waals surface area (Å²) in [5.74, 6) is 1.86. The lowest BCUT2D eigenvalue weighted by atomic mass is 10.0. The van der Waals surface area contributed by atoms with Crippen LogP contribution in [-0.2, 0) is 7.05 Å². The van der Waals surface area contributed by atoms with Gasteiger partial charge in [0.15, 0.2) is 0 Å². The second-order valence-electron chi connectivity index (χ2n) is 12.0. The molecule has 0 unspecified atom stereocenters. The number of aryl methyl sites for hydroxylation is 1. The SMILES string of the molecule is Cn1c(-c2ccc3c4ccccc4n(-c4ccc5c6c7ccccc7ccc6n(-c6ccccn6)c5c4)c3c2)nc2ccccc21. The van der Waals surface area contributed by atoms with Crippen molar-refractivity contribution in [2.24, 2.45) is 7.05 Å². The average Bonchev–Trinajstić information content (AvgIpc) is 3.75. The monoisotopic (exact) mass is 589 g/mol. The van der Waals surface area contributed by atoms with Crippen molar-refractivity contribution in [3.8, 4) is 22.9 Å².